The summed E-state index contributed by atoms with van der Waals surface area (Å²) < 4.78 is 0. The molecule has 2 nitrogen and oxygen atoms in total. The minimum Gasteiger partial charge on any atom is -0.325 e. The SMILES string of the molecule is C[C@@H](C[C@H](C)P(c1ccccc1)c1ccccc1)P(c1ccccc1)c1ccccc1.NCc1ccccn1.[Ru]. The molecule has 0 aliphatic carbocycles. The Labute approximate surface area is 255 Å². The van der Waals surface area contributed by atoms with Gasteiger partial charge in [0.15, 0.2) is 0 Å². The molecule has 0 unspecified atom stereocenters. The summed E-state index contributed by atoms with van der Waals surface area (Å²) in [5.74, 6) is 0. The van der Waals surface area contributed by atoms with E-state index in [-0.39, 0.29) is 19.5 Å². The fourth-order valence-electron chi connectivity index (χ4n) is 4.89. The fourth-order valence-corrected chi connectivity index (χ4v) is 10.7. The van der Waals surface area contributed by atoms with Crippen molar-refractivity contribution in [1.29, 1.82) is 0 Å². The molecule has 5 rings (SSSR count). The molecule has 0 saturated carbocycles. The molecule has 0 spiro atoms. The molecule has 1 aromatic heterocycles. The molecule has 4 aromatic carbocycles. The van der Waals surface area contributed by atoms with Crippen molar-refractivity contribution in [3.8, 4) is 0 Å². The van der Waals surface area contributed by atoms with Crippen LogP contribution in [-0.4, -0.2) is 16.3 Å². The minimum atomic E-state index is -0.397. The van der Waals surface area contributed by atoms with Crippen LogP contribution in [0, 0.1) is 0 Å². The van der Waals surface area contributed by atoms with Crippen LogP contribution in [0.2, 0.25) is 0 Å². The number of aromatic nitrogens is 1. The van der Waals surface area contributed by atoms with Crippen molar-refractivity contribution in [2.45, 2.75) is 38.1 Å². The van der Waals surface area contributed by atoms with Gasteiger partial charge in [0.1, 0.15) is 0 Å². The molecule has 0 saturated heterocycles. The van der Waals surface area contributed by atoms with Crippen LogP contribution in [-0.2, 0) is 26.0 Å². The molecule has 40 heavy (non-hydrogen) atoms. The molecule has 0 aliphatic heterocycles. The van der Waals surface area contributed by atoms with Crippen LogP contribution in [0.4, 0.5) is 0 Å². The first-order chi connectivity index (χ1) is 19.2. The van der Waals surface area contributed by atoms with Gasteiger partial charge in [0, 0.05) is 32.2 Å². The Balaban J connectivity index is 0.000000423. The van der Waals surface area contributed by atoms with E-state index in [4.69, 9.17) is 5.73 Å². The van der Waals surface area contributed by atoms with Gasteiger partial charge in [-0.3, -0.25) is 4.98 Å². The minimum absolute atomic E-state index is 0. The fraction of sp³-hybridized carbons (Fsp3) is 0.171. The van der Waals surface area contributed by atoms with E-state index in [1.54, 1.807) is 6.20 Å². The normalized spacial score (nSPS) is 12.1. The van der Waals surface area contributed by atoms with Gasteiger partial charge in [0.2, 0.25) is 0 Å². The zero-order valence-corrected chi connectivity index (χ0v) is 26.7. The van der Waals surface area contributed by atoms with Crippen molar-refractivity contribution >= 4 is 37.1 Å². The van der Waals surface area contributed by atoms with Crippen LogP contribution >= 0.6 is 15.8 Å². The average molecular weight is 650 g/mol. The Hall–Kier alpha value is -2.53. The number of nitrogens with zero attached hydrogens (tertiary/aromatic N) is 1. The van der Waals surface area contributed by atoms with Crippen LogP contribution in [0.25, 0.3) is 0 Å². The maximum atomic E-state index is 5.29. The monoisotopic (exact) mass is 650 g/mol. The van der Waals surface area contributed by atoms with Crippen molar-refractivity contribution in [2.75, 3.05) is 0 Å². The summed E-state index contributed by atoms with van der Waals surface area (Å²) in [6.07, 6.45) is 2.95. The molecule has 1 heterocycles. The maximum absolute atomic E-state index is 5.29. The third-order valence-electron chi connectivity index (χ3n) is 6.64. The number of benzene rings is 4. The van der Waals surface area contributed by atoms with Gasteiger partial charge in [-0.15, -0.1) is 0 Å². The molecular formula is C35H38N2P2Ru. The number of rotatable bonds is 9. The van der Waals surface area contributed by atoms with E-state index in [1.165, 1.54) is 27.6 Å². The van der Waals surface area contributed by atoms with E-state index in [0.29, 0.717) is 17.9 Å². The summed E-state index contributed by atoms with van der Waals surface area (Å²) in [6, 6.07) is 50.2. The Morgan fingerprint density at radius 1 is 0.525 bits per heavy atom. The third kappa shape index (κ3) is 9.26. The van der Waals surface area contributed by atoms with E-state index < -0.39 is 15.8 Å². The molecule has 5 heteroatoms. The second kappa shape index (κ2) is 17.3. The third-order valence-corrected chi connectivity index (χ3v) is 12.2. The Morgan fingerprint density at radius 3 is 1.10 bits per heavy atom. The van der Waals surface area contributed by atoms with Gasteiger partial charge in [-0.25, -0.2) is 0 Å². The van der Waals surface area contributed by atoms with Gasteiger partial charge in [-0.05, 0) is 66.9 Å². The van der Waals surface area contributed by atoms with Gasteiger partial charge in [0.05, 0.1) is 5.69 Å². The van der Waals surface area contributed by atoms with E-state index >= 15 is 0 Å². The predicted octanol–water partition coefficient (Wildman–Crippen LogP) is 6.96. The summed E-state index contributed by atoms with van der Waals surface area (Å²) in [6.45, 7) is 5.46. The topological polar surface area (TPSA) is 38.9 Å². The number of pyridine rings is 1. The molecule has 5 aromatic rings. The van der Waals surface area contributed by atoms with Crippen LogP contribution in [0.3, 0.4) is 0 Å². The molecule has 206 valence electrons. The second-order valence-corrected chi connectivity index (χ2v) is 14.8. The molecule has 0 bridgehead atoms. The Morgan fingerprint density at radius 2 is 0.850 bits per heavy atom. The zero-order valence-electron chi connectivity index (χ0n) is 23.2. The van der Waals surface area contributed by atoms with Gasteiger partial charge >= 0.3 is 0 Å². The van der Waals surface area contributed by atoms with Crippen LogP contribution in [0.1, 0.15) is 26.0 Å². The molecular weight excluding hydrogens is 611 g/mol. The van der Waals surface area contributed by atoms with Gasteiger partial charge in [-0.2, -0.15) is 0 Å². The number of hydrogen-bond donors (Lipinski definition) is 1. The van der Waals surface area contributed by atoms with E-state index in [2.05, 4.69) is 140 Å². The number of nitrogens with two attached hydrogens (primary N) is 1. The smallest absolute Gasteiger partial charge is 0.0539 e. The van der Waals surface area contributed by atoms with Crippen molar-refractivity contribution in [3.63, 3.8) is 0 Å². The zero-order chi connectivity index (χ0) is 27.3. The van der Waals surface area contributed by atoms with Gasteiger partial charge < -0.3 is 5.73 Å². The Kier molecular flexibility index (Phi) is 13.9. The van der Waals surface area contributed by atoms with Crippen LogP contribution < -0.4 is 27.0 Å². The molecule has 0 amide bonds. The summed E-state index contributed by atoms with van der Waals surface area (Å²) in [4.78, 5) is 3.97. The van der Waals surface area contributed by atoms with Gasteiger partial charge in [0.25, 0.3) is 0 Å². The quantitative estimate of drug-likeness (QED) is 0.139. The van der Waals surface area contributed by atoms with E-state index in [0.717, 1.165) is 5.69 Å². The van der Waals surface area contributed by atoms with E-state index in [1.807, 2.05) is 18.2 Å². The molecule has 2 N–H and O–H groups in total. The predicted molar refractivity (Wildman–Crippen MR) is 174 cm³/mol. The molecule has 0 fully saturated rings. The number of hydrogen-bond acceptors (Lipinski definition) is 2. The largest absolute Gasteiger partial charge is 0.325 e. The summed E-state index contributed by atoms with van der Waals surface area (Å²) in [7, 11) is -0.794. The van der Waals surface area contributed by atoms with Crippen LogP contribution in [0.5, 0.6) is 0 Å². The summed E-state index contributed by atoms with van der Waals surface area (Å²) in [5, 5.41) is 5.92. The first-order valence-corrected chi connectivity index (χ1v) is 16.4. The van der Waals surface area contributed by atoms with E-state index in [9.17, 15) is 0 Å². The Bertz CT molecular complexity index is 1180. The van der Waals surface area contributed by atoms with Crippen molar-refractivity contribution in [2.24, 2.45) is 5.73 Å². The first kappa shape index (κ1) is 32.0. The van der Waals surface area contributed by atoms with Crippen molar-refractivity contribution < 1.29 is 19.5 Å². The molecule has 2 atom stereocenters. The maximum Gasteiger partial charge on any atom is 0.0539 e. The average Bonchev–Trinajstić information content (AvgIpc) is 3.00. The molecule has 0 radical (unpaired) electrons. The summed E-state index contributed by atoms with van der Waals surface area (Å²) in [5.41, 5.74) is 7.43. The van der Waals surface area contributed by atoms with Crippen molar-refractivity contribution in [1.82, 2.24) is 4.98 Å². The standard InChI is InChI=1S/C29H30P2.C6H8N2.Ru/c1-24(30(26-15-7-3-8-16-26)27-17-9-4-10-18-27)23-25(2)31(28-19-11-5-12-20-28)29-21-13-6-14-22-29;7-5-6-3-1-2-4-8-6;/h3-22,24-25H,23H2,1-2H3;1-4H,5,7H2;/t24-,25-;;/m0../s1. The van der Waals surface area contributed by atoms with Gasteiger partial charge in [-0.1, -0.05) is 141 Å². The van der Waals surface area contributed by atoms with Crippen LogP contribution in [0.15, 0.2) is 146 Å². The summed E-state index contributed by atoms with van der Waals surface area (Å²) >= 11 is 0. The first-order valence-electron chi connectivity index (χ1n) is 13.6. The second-order valence-electron chi connectivity index (χ2n) is 9.54. The molecule has 0 aliphatic rings. The van der Waals surface area contributed by atoms with Crippen molar-refractivity contribution in [3.05, 3.63) is 151 Å².